The molecular formula is C14H24N4O. The summed E-state index contributed by atoms with van der Waals surface area (Å²) in [4.78, 5) is 14.2. The third-order valence-corrected chi connectivity index (χ3v) is 3.83. The van der Waals surface area contributed by atoms with Crippen molar-refractivity contribution in [3.63, 3.8) is 0 Å². The van der Waals surface area contributed by atoms with Gasteiger partial charge in [0, 0.05) is 37.3 Å². The Morgan fingerprint density at radius 2 is 2.32 bits per heavy atom. The Morgan fingerprint density at radius 3 is 3.00 bits per heavy atom. The number of carbonyl (C=O) groups excluding carboxylic acids is 1. The van der Waals surface area contributed by atoms with Crippen molar-refractivity contribution in [2.45, 2.75) is 45.1 Å². The molecule has 106 valence electrons. The van der Waals surface area contributed by atoms with E-state index in [2.05, 4.69) is 27.3 Å². The highest BCUT2D eigenvalue weighted by Crippen LogP contribution is 2.14. The van der Waals surface area contributed by atoms with Crippen LogP contribution in [0.1, 0.15) is 38.3 Å². The maximum atomic E-state index is 11.7. The van der Waals surface area contributed by atoms with E-state index < -0.39 is 0 Å². The van der Waals surface area contributed by atoms with Crippen LogP contribution in [0.15, 0.2) is 12.3 Å². The van der Waals surface area contributed by atoms with Crippen molar-refractivity contribution in [2.24, 2.45) is 0 Å². The highest BCUT2D eigenvalue weighted by Gasteiger charge is 2.18. The largest absolute Gasteiger partial charge is 0.356 e. The van der Waals surface area contributed by atoms with E-state index in [-0.39, 0.29) is 5.91 Å². The number of nitrogens with zero attached hydrogens (tertiary/aromatic N) is 2. The van der Waals surface area contributed by atoms with Crippen LogP contribution in [0.4, 0.5) is 0 Å². The van der Waals surface area contributed by atoms with E-state index in [1.54, 1.807) is 6.20 Å². The Bertz CT molecular complexity index is 371. The molecule has 2 heterocycles. The first-order chi connectivity index (χ1) is 9.25. The Labute approximate surface area is 114 Å². The quantitative estimate of drug-likeness (QED) is 0.781. The number of hydrogen-bond acceptors (Lipinski definition) is 3. The van der Waals surface area contributed by atoms with Crippen molar-refractivity contribution in [3.8, 4) is 0 Å². The molecule has 1 aliphatic rings. The van der Waals surface area contributed by atoms with Gasteiger partial charge in [-0.3, -0.25) is 9.89 Å². The molecule has 1 aromatic rings. The molecule has 0 aliphatic carbocycles. The van der Waals surface area contributed by atoms with Crippen LogP contribution in [0.3, 0.4) is 0 Å². The summed E-state index contributed by atoms with van der Waals surface area (Å²) in [5, 5.41) is 9.73. The minimum absolute atomic E-state index is 0.158. The number of H-pyrrole nitrogens is 1. The molecular weight excluding hydrogens is 240 g/mol. The fourth-order valence-electron chi connectivity index (χ4n) is 2.55. The Balaban J connectivity index is 1.56. The molecule has 19 heavy (non-hydrogen) atoms. The van der Waals surface area contributed by atoms with E-state index in [1.807, 2.05) is 6.07 Å². The molecule has 1 unspecified atom stereocenters. The predicted octanol–water partition coefficient (Wildman–Crippen LogP) is 1.33. The lowest BCUT2D eigenvalue weighted by Gasteiger charge is -2.23. The van der Waals surface area contributed by atoms with Gasteiger partial charge >= 0.3 is 0 Å². The minimum Gasteiger partial charge on any atom is -0.356 e. The van der Waals surface area contributed by atoms with E-state index >= 15 is 0 Å². The maximum absolute atomic E-state index is 11.7. The van der Waals surface area contributed by atoms with Crippen LogP contribution in [0.2, 0.25) is 0 Å². The molecule has 1 aliphatic heterocycles. The van der Waals surface area contributed by atoms with E-state index in [1.165, 1.54) is 25.9 Å². The van der Waals surface area contributed by atoms with E-state index in [0.717, 1.165) is 18.5 Å². The zero-order valence-electron chi connectivity index (χ0n) is 11.7. The van der Waals surface area contributed by atoms with Crippen LogP contribution < -0.4 is 5.32 Å². The van der Waals surface area contributed by atoms with Crippen molar-refractivity contribution < 1.29 is 4.79 Å². The zero-order valence-corrected chi connectivity index (χ0v) is 11.7. The molecule has 5 nitrogen and oxygen atoms in total. The lowest BCUT2D eigenvalue weighted by molar-refractivity contribution is -0.121. The summed E-state index contributed by atoms with van der Waals surface area (Å²) in [6.45, 7) is 5.30. The first-order valence-corrected chi connectivity index (χ1v) is 7.24. The van der Waals surface area contributed by atoms with Crippen LogP contribution in [-0.2, 0) is 11.2 Å². The normalized spacial score (nSPS) is 17.5. The van der Waals surface area contributed by atoms with E-state index in [9.17, 15) is 4.79 Å². The zero-order chi connectivity index (χ0) is 13.5. The average Bonchev–Trinajstić information content (AvgIpc) is 3.08. The molecule has 1 atom stereocenters. The first kappa shape index (κ1) is 14.1. The van der Waals surface area contributed by atoms with Crippen LogP contribution in [0.5, 0.6) is 0 Å². The standard InChI is InChI=1S/C14H24N4O/c1-12(18-10-2-3-11-18)4-5-14(19)15-8-6-13-7-9-16-17-13/h7,9,12H,2-6,8,10-11H2,1H3,(H,15,19)(H,16,17). The smallest absolute Gasteiger partial charge is 0.220 e. The number of carbonyl (C=O) groups is 1. The molecule has 2 rings (SSSR count). The molecule has 0 aromatic carbocycles. The Hall–Kier alpha value is -1.36. The van der Waals surface area contributed by atoms with Crippen molar-refractivity contribution in [1.29, 1.82) is 0 Å². The lowest BCUT2D eigenvalue weighted by Crippen LogP contribution is -2.32. The fourth-order valence-corrected chi connectivity index (χ4v) is 2.55. The molecule has 2 N–H and O–H groups in total. The molecule has 0 bridgehead atoms. The van der Waals surface area contributed by atoms with Crippen LogP contribution in [0.25, 0.3) is 0 Å². The number of hydrogen-bond donors (Lipinski definition) is 2. The Kier molecular flexibility index (Phi) is 5.39. The van der Waals surface area contributed by atoms with Crippen molar-refractivity contribution in [3.05, 3.63) is 18.0 Å². The molecule has 1 aromatic heterocycles. The summed E-state index contributed by atoms with van der Waals surface area (Å²) < 4.78 is 0. The second-order valence-corrected chi connectivity index (χ2v) is 5.31. The number of nitrogens with one attached hydrogen (secondary N) is 2. The maximum Gasteiger partial charge on any atom is 0.220 e. The van der Waals surface area contributed by atoms with Gasteiger partial charge in [-0.05, 0) is 45.3 Å². The number of likely N-dealkylation sites (tertiary alicyclic amines) is 1. The second-order valence-electron chi connectivity index (χ2n) is 5.31. The highest BCUT2D eigenvalue weighted by molar-refractivity contribution is 5.75. The third-order valence-electron chi connectivity index (χ3n) is 3.83. The number of amides is 1. The van der Waals surface area contributed by atoms with Gasteiger partial charge in [-0.25, -0.2) is 0 Å². The highest BCUT2D eigenvalue weighted by atomic mass is 16.1. The van der Waals surface area contributed by atoms with Crippen LogP contribution in [-0.4, -0.2) is 46.7 Å². The summed E-state index contributed by atoms with van der Waals surface area (Å²) in [5.41, 5.74) is 1.06. The molecule has 0 radical (unpaired) electrons. The van der Waals surface area contributed by atoms with Crippen molar-refractivity contribution in [1.82, 2.24) is 20.4 Å². The van der Waals surface area contributed by atoms with Crippen LogP contribution in [0, 0.1) is 0 Å². The number of rotatable bonds is 7. The van der Waals surface area contributed by atoms with Gasteiger partial charge in [0.2, 0.25) is 5.91 Å². The van der Waals surface area contributed by atoms with Crippen molar-refractivity contribution in [2.75, 3.05) is 19.6 Å². The number of aromatic nitrogens is 2. The molecule has 1 amide bonds. The summed E-state index contributed by atoms with van der Waals surface area (Å²) in [6.07, 6.45) is 6.74. The second kappa shape index (κ2) is 7.28. The minimum atomic E-state index is 0.158. The monoisotopic (exact) mass is 264 g/mol. The first-order valence-electron chi connectivity index (χ1n) is 7.24. The van der Waals surface area contributed by atoms with E-state index in [4.69, 9.17) is 0 Å². The lowest BCUT2D eigenvalue weighted by atomic mass is 10.1. The van der Waals surface area contributed by atoms with Crippen molar-refractivity contribution >= 4 is 5.91 Å². The molecule has 0 spiro atoms. The van der Waals surface area contributed by atoms with E-state index in [0.29, 0.717) is 19.0 Å². The van der Waals surface area contributed by atoms with Gasteiger partial charge in [-0.15, -0.1) is 0 Å². The summed E-state index contributed by atoms with van der Waals surface area (Å²) in [5.74, 6) is 0.158. The third kappa shape index (κ3) is 4.67. The predicted molar refractivity (Wildman–Crippen MR) is 74.8 cm³/mol. The SMILES string of the molecule is CC(CCC(=O)NCCc1ccn[nH]1)N1CCCC1. The summed E-state index contributed by atoms with van der Waals surface area (Å²) in [7, 11) is 0. The summed E-state index contributed by atoms with van der Waals surface area (Å²) >= 11 is 0. The fraction of sp³-hybridized carbons (Fsp3) is 0.714. The Morgan fingerprint density at radius 1 is 1.53 bits per heavy atom. The summed E-state index contributed by atoms with van der Waals surface area (Å²) in [6, 6.07) is 2.46. The molecule has 5 heteroatoms. The molecule has 0 saturated carbocycles. The topological polar surface area (TPSA) is 61.0 Å². The van der Waals surface area contributed by atoms with Crippen LogP contribution >= 0.6 is 0 Å². The van der Waals surface area contributed by atoms with Gasteiger partial charge in [0.15, 0.2) is 0 Å². The van der Waals surface area contributed by atoms with Gasteiger partial charge in [0.1, 0.15) is 0 Å². The van der Waals surface area contributed by atoms with Gasteiger partial charge in [0.25, 0.3) is 0 Å². The average molecular weight is 264 g/mol. The molecule has 1 fully saturated rings. The van der Waals surface area contributed by atoms with Gasteiger partial charge in [-0.1, -0.05) is 0 Å². The van der Waals surface area contributed by atoms with Gasteiger partial charge in [0.05, 0.1) is 0 Å². The molecule has 1 saturated heterocycles. The number of aromatic amines is 1. The van der Waals surface area contributed by atoms with Gasteiger partial charge in [-0.2, -0.15) is 5.10 Å². The van der Waals surface area contributed by atoms with Gasteiger partial charge < -0.3 is 10.2 Å².